The SMILES string of the molecule is CC(C)n1nnc2ccc(-c3[nH]cnc3-c3cccc(Cl)c3)cc21. The zero-order chi connectivity index (χ0) is 16.7. The van der Waals surface area contributed by atoms with E-state index in [-0.39, 0.29) is 6.04 Å². The first-order valence-corrected chi connectivity index (χ1v) is 8.16. The van der Waals surface area contributed by atoms with Gasteiger partial charge in [0.15, 0.2) is 0 Å². The van der Waals surface area contributed by atoms with Crippen LogP contribution in [0.15, 0.2) is 48.8 Å². The first kappa shape index (κ1) is 14.9. The summed E-state index contributed by atoms with van der Waals surface area (Å²) < 4.78 is 1.92. The number of hydrogen-bond donors (Lipinski definition) is 1. The Labute approximate surface area is 144 Å². The summed E-state index contributed by atoms with van der Waals surface area (Å²) in [5, 5.41) is 9.15. The quantitative estimate of drug-likeness (QED) is 0.588. The summed E-state index contributed by atoms with van der Waals surface area (Å²) in [7, 11) is 0. The fourth-order valence-electron chi connectivity index (χ4n) is 2.84. The lowest BCUT2D eigenvalue weighted by atomic mass is 10.0. The number of fused-ring (bicyclic) bond motifs is 1. The van der Waals surface area contributed by atoms with Crippen molar-refractivity contribution in [1.82, 2.24) is 25.0 Å². The van der Waals surface area contributed by atoms with E-state index in [1.807, 2.05) is 41.1 Å². The molecule has 0 unspecified atom stereocenters. The summed E-state index contributed by atoms with van der Waals surface area (Å²) in [4.78, 5) is 7.72. The van der Waals surface area contributed by atoms with Crippen molar-refractivity contribution < 1.29 is 0 Å². The van der Waals surface area contributed by atoms with Crippen LogP contribution in [-0.4, -0.2) is 25.0 Å². The highest BCUT2D eigenvalue weighted by Crippen LogP contribution is 2.32. The normalized spacial score (nSPS) is 11.5. The van der Waals surface area contributed by atoms with Crippen LogP contribution in [0.2, 0.25) is 5.02 Å². The lowest BCUT2D eigenvalue weighted by Gasteiger charge is -2.07. The maximum Gasteiger partial charge on any atom is 0.113 e. The highest BCUT2D eigenvalue weighted by molar-refractivity contribution is 6.30. The molecule has 0 aliphatic carbocycles. The number of halogens is 1. The summed E-state index contributed by atoms with van der Waals surface area (Å²) in [5.41, 5.74) is 5.75. The van der Waals surface area contributed by atoms with Gasteiger partial charge in [-0.25, -0.2) is 9.67 Å². The number of aromatic amines is 1. The van der Waals surface area contributed by atoms with Crippen LogP contribution >= 0.6 is 11.6 Å². The summed E-state index contributed by atoms with van der Waals surface area (Å²) in [6, 6.07) is 14.1. The molecule has 2 aromatic carbocycles. The van der Waals surface area contributed by atoms with Gasteiger partial charge in [-0.15, -0.1) is 5.10 Å². The molecule has 6 heteroatoms. The van der Waals surface area contributed by atoms with Crippen LogP contribution in [0.1, 0.15) is 19.9 Å². The van der Waals surface area contributed by atoms with Crippen LogP contribution in [0.3, 0.4) is 0 Å². The summed E-state index contributed by atoms with van der Waals surface area (Å²) in [5.74, 6) is 0. The smallest absolute Gasteiger partial charge is 0.113 e. The van der Waals surface area contributed by atoms with Crippen molar-refractivity contribution in [1.29, 1.82) is 0 Å². The number of imidazole rings is 1. The molecule has 0 radical (unpaired) electrons. The van der Waals surface area contributed by atoms with Crippen molar-refractivity contribution in [3.63, 3.8) is 0 Å². The van der Waals surface area contributed by atoms with Crippen molar-refractivity contribution in [2.24, 2.45) is 0 Å². The molecule has 0 amide bonds. The van der Waals surface area contributed by atoms with Crippen LogP contribution in [0, 0.1) is 0 Å². The third-order valence-corrected chi connectivity index (χ3v) is 4.22. The van der Waals surface area contributed by atoms with Crippen molar-refractivity contribution in [3.8, 4) is 22.5 Å². The third kappa shape index (κ3) is 2.47. The standard InChI is InChI=1S/C18H16ClN5/c1-11(2)24-16-9-13(6-7-15(16)22-23-24)18-17(20-10-21-18)12-4-3-5-14(19)8-12/h3-11H,1-2H3,(H,20,21). The molecule has 120 valence electrons. The predicted octanol–water partition coefficient (Wildman–Crippen LogP) is 4.72. The van der Waals surface area contributed by atoms with Gasteiger partial charge >= 0.3 is 0 Å². The van der Waals surface area contributed by atoms with Gasteiger partial charge in [0, 0.05) is 22.2 Å². The maximum atomic E-state index is 6.12. The van der Waals surface area contributed by atoms with Gasteiger partial charge in [0.2, 0.25) is 0 Å². The lowest BCUT2D eigenvalue weighted by molar-refractivity contribution is 0.530. The molecule has 0 fully saturated rings. The minimum atomic E-state index is 0.249. The largest absolute Gasteiger partial charge is 0.344 e. The molecule has 0 aliphatic heterocycles. The van der Waals surface area contributed by atoms with E-state index < -0.39 is 0 Å². The number of aromatic nitrogens is 5. The van der Waals surface area contributed by atoms with Crippen LogP contribution in [0.25, 0.3) is 33.5 Å². The van der Waals surface area contributed by atoms with Crippen LogP contribution < -0.4 is 0 Å². The van der Waals surface area contributed by atoms with E-state index in [4.69, 9.17) is 11.6 Å². The van der Waals surface area contributed by atoms with E-state index in [0.717, 1.165) is 33.5 Å². The van der Waals surface area contributed by atoms with Crippen LogP contribution in [0.4, 0.5) is 0 Å². The van der Waals surface area contributed by atoms with Crippen LogP contribution in [0.5, 0.6) is 0 Å². The summed E-state index contributed by atoms with van der Waals surface area (Å²) >= 11 is 6.12. The Hall–Kier alpha value is -2.66. The number of benzene rings is 2. The molecule has 0 spiro atoms. The van der Waals surface area contributed by atoms with Crippen molar-refractivity contribution in [2.45, 2.75) is 19.9 Å². The molecule has 4 aromatic rings. The minimum Gasteiger partial charge on any atom is -0.344 e. The Kier molecular flexibility index (Phi) is 3.58. The average Bonchev–Trinajstić information content (AvgIpc) is 3.21. The predicted molar refractivity (Wildman–Crippen MR) is 95.9 cm³/mol. The molecule has 0 bridgehead atoms. The molecule has 24 heavy (non-hydrogen) atoms. The second kappa shape index (κ2) is 5.76. The van der Waals surface area contributed by atoms with Gasteiger partial charge in [0.1, 0.15) is 5.52 Å². The van der Waals surface area contributed by atoms with Crippen molar-refractivity contribution >= 4 is 22.6 Å². The first-order chi connectivity index (χ1) is 11.6. The van der Waals surface area contributed by atoms with E-state index in [0.29, 0.717) is 5.02 Å². The fourth-order valence-corrected chi connectivity index (χ4v) is 3.03. The number of rotatable bonds is 3. The van der Waals surface area contributed by atoms with Gasteiger partial charge in [-0.05, 0) is 38.1 Å². The molecular formula is C18H16ClN5. The fraction of sp³-hybridized carbons (Fsp3) is 0.167. The van der Waals surface area contributed by atoms with Crippen molar-refractivity contribution in [2.75, 3.05) is 0 Å². The van der Waals surface area contributed by atoms with Gasteiger partial charge in [-0.1, -0.05) is 35.0 Å². The zero-order valence-corrected chi connectivity index (χ0v) is 14.1. The Morgan fingerprint density at radius 3 is 2.75 bits per heavy atom. The number of nitrogens with one attached hydrogen (secondary N) is 1. The Morgan fingerprint density at radius 2 is 1.96 bits per heavy atom. The van der Waals surface area contributed by atoms with E-state index in [2.05, 4.69) is 40.2 Å². The molecule has 0 aliphatic rings. The monoisotopic (exact) mass is 337 g/mol. The summed E-state index contributed by atoms with van der Waals surface area (Å²) in [6.07, 6.45) is 1.70. The topological polar surface area (TPSA) is 59.4 Å². The molecule has 1 N–H and O–H groups in total. The zero-order valence-electron chi connectivity index (χ0n) is 13.4. The average molecular weight is 338 g/mol. The van der Waals surface area contributed by atoms with Gasteiger partial charge < -0.3 is 4.98 Å². The van der Waals surface area contributed by atoms with E-state index in [1.54, 1.807) is 6.33 Å². The highest BCUT2D eigenvalue weighted by atomic mass is 35.5. The lowest BCUT2D eigenvalue weighted by Crippen LogP contribution is -2.02. The molecule has 5 nitrogen and oxygen atoms in total. The molecule has 4 rings (SSSR count). The molecule has 0 atom stereocenters. The molecule has 2 aromatic heterocycles. The van der Waals surface area contributed by atoms with Crippen LogP contribution in [-0.2, 0) is 0 Å². The molecule has 2 heterocycles. The Morgan fingerprint density at radius 1 is 1.08 bits per heavy atom. The molecular weight excluding hydrogens is 322 g/mol. The Balaban J connectivity index is 1.87. The number of nitrogens with zero attached hydrogens (tertiary/aromatic N) is 4. The molecule has 0 saturated heterocycles. The van der Waals surface area contributed by atoms with Crippen molar-refractivity contribution in [3.05, 3.63) is 53.8 Å². The van der Waals surface area contributed by atoms with E-state index in [1.165, 1.54) is 0 Å². The number of hydrogen-bond acceptors (Lipinski definition) is 3. The number of H-pyrrole nitrogens is 1. The van der Waals surface area contributed by atoms with Gasteiger partial charge in [-0.3, -0.25) is 0 Å². The Bertz CT molecular complexity index is 1020. The second-order valence-electron chi connectivity index (χ2n) is 5.97. The highest BCUT2D eigenvalue weighted by Gasteiger charge is 2.14. The minimum absolute atomic E-state index is 0.249. The summed E-state index contributed by atoms with van der Waals surface area (Å²) in [6.45, 7) is 4.18. The first-order valence-electron chi connectivity index (χ1n) is 7.78. The maximum absolute atomic E-state index is 6.12. The molecule has 0 saturated carbocycles. The second-order valence-corrected chi connectivity index (χ2v) is 6.40. The van der Waals surface area contributed by atoms with Gasteiger partial charge in [0.05, 0.1) is 23.2 Å². The van der Waals surface area contributed by atoms with E-state index in [9.17, 15) is 0 Å². The third-order valence-electron chi connectivity index (χ3n) is 3.99. The van der Waals surface area contributed by atoms with Gasteiger partial charge in [0.25, 0.3) is 0 Å². The van der Waals surface area contributed by atoms with Gasteiger partial charge in [-0.2, -0.15) is 0 Å². The van der Waals surface area contributed by atoms with E-state index >= 15 is 0 Å².